The molecule has 2 bridgehead atoms. The molecular weight excluding hydrogens is 378 g/mol. The SMILES string of the molecule is C1=Cc2ccccc2C(OC2C[C@H]3CC[C@@H](C2)N3Cc2ccccc2)c2ccccc21. The van der Waals surface area contributed by atoms with E-state index in [2.05, 4.69) is 95.9 Å². The molecule has 0 radical (unpaired) electrons. The third-order valence-corrected chi connectivity index (χ3v) is 7.38. The number of hydrogen-bond acceptors (Lipinski definition) is 2. The van der Waals surface area contributed by atoms with E-state index in [1.54, 1.807) is 0 Å². The molecule has 0 N–H and O–H groups in total. The maximum Gasteiger partial charge on any atom is 0.109 e. The lowest BCUT2D eigenvalue weighted by Crippen LogP contribution is -2.45. The topological polar surface area (TPSA) is 12.5 Å². The molecule has 3 aliphatic rings. The smallest absolute Gasteiger partial charge is 0.109 e. The Morgan fingerprint density at radius 1 is 0.677 bits per heavy atom. The van der Waals surface area contributed by atoms with Crippen LogP contribution in [0.4, 0.5) is 0 Å². The largest absolute Gasteiger partial charge is 0.365 e. The van der Waals surface area contributed by atoms with E-state index in [0.29, 0.717) is 18.2 Å². The lowest BCUT2D eigenvalue weighted by Gasteiger charge is -2.40. The number of piperidine rings is 1. The molecule has 2 nitrogen and oxygen atoms in total. The van der Waals surface area contributed by atoms with Gasteiger partial charge in [-0.25, -0.2) is 0 Å². The van der Waals surface area contributed by atoms with Gasteiger partial charge in [-0.2, -0.15) is 0 Å². The van der Waals surface area contributed by atoms with E-state index in [-0.39, 0.29) is 6.10 Å². The standard InChI is InChI=1S/C29H29NO/c1-2-8-21(9-3-1)20-30-24-16-17-25(30)19-26(18-24)31-29-27-12-6-4-10-22(27)14-15-23-11-5-7-13-28(23)29/h1-15,24-26,29H,16-20H2/t24-,25+,26?. The lowest BCUT2D eigenvalue weighted by atomic mass is 9.94. The average Bonchev–Trinajstić information content (AvgIpc) is 2.98. The Balaban J connectivity index is 1.25. The molecular formula is C29H29NO. The first-order chi connectivity index (χ1) is 15.3. The van der Waals surface area contributed by atoms with Gasteiger partial charge in [-0.15, -0.1) is 0 Å². The van der Waals surface area contributed by atoms with E-state index in [1.165, 1.54) is 40.7 Å². The van der Waals surface area contributed by atoms with Crippen LogP contribution in [0.5, 0.6) is 0 Å². The normalized spacial score (nSPS) is 25.1. The minimum Gasteiger partial charge on any atom is -0.365 e. The first-order valence-corrected chi connectivity index (χ1v) is 11.7. The molecule has 0 amide bonds. The van der Waals surface area contributed by atoms with Crippen molar-refractivity contribution in [3.8, 4) is 0 Å². The zero-order chi connectivity index (χ0) is 20.6. The Morgan fingerprint density at radius 3 is 1.84 bits per heavy atom. The van der Waals surface area contributed by atoms with Gasteiger partial charge < -0.3 is 4.74 Å². The van der Waals surface area contributed by atoms with Crippen LogP contribution in [0, 0.1) is 0 Å². The zero-order valence-corrected chi connectivity index (χ0v) is 17.9. The second-order valence-corrected chi connectivity index (χ2v) is 9.24. The lowest BCUT2D eigenvalue weighted by molar-refractivity contribution is -0.0501. The van der Waals surface area contributed by atoms with Crippen LogP contribution in [0.2, 0.25) is 0 Å². The van der Waals surface area contributed by atoms with Crippen molar-refractivity contribution in [3.63, 3.8) is 0 Å². The molecule has 3 atom stereocenters. The van der Waals surface area contributed by atoms with Crippen LogP contribution < -0.4 is 0 Å². The van der Waals surface area contributed by atoms with Gasteiger partial charge in [0, 0.05) is 18.6 Å². The average molecular weight is 408 g/mol. The van der Waals surface area contributed by atoms with Gasteiger partial charge in [-0.1, -0.05) is 91.0 Å². The number of nitrogens with zero attached hydrogens (tertiary/aromatic N) is 1. The van der Waals surface area contributed by atoms with Gasteiger partial charge in [0.1, 0.15) is 6.10 Å². The molecule has 156 valence electrons. The molecule has 2 fully saturated rings. The number of benzene rings is 3. The number of ether oxygens (including phenoxy) is 1. The first kappa shape index (κ1) is 19.0. The van der Waals surface area contributed by atoms with Crippen molar-refractivity contribution in [2.75, 3.05) is 0 Å². The van der Waals surface area contributed by atoms with Crippen LogP contribution in [0.25, 0.3) is 12.2 Å². The molecule has 0 spiro atoms. The van der Waals surface area contributed by atoms with Gasteiger partial charge >= 0.3 is 0 Å². The number of hydrogen-bond donors (Lipinski definition) is 0. The van der Waals surface area contributed by atoms with Gasteiger partial charge in [0.05, 0.1) is 6.10 Å². The summed E-state index contributed by atoms with van der Waals surface area (Å²) in [5.74, 6) is 0. The van der Waals surface area contributed by atoms with Crippen molar-refractivity contribution in [2.24, 2.45) is 0 Å². The van der Waals surface area contributed by atoms with E-state index in [0.717, 1.165) is 19.4 Å². The van der Waals surface area contributed by atoms with Crippen molar-refractivity contribution in [3.05, 3.63) is 107 Å². The van der Waals surface area contributed by atoms with E-state index >= 15 is 0 Å². The summed E-state index contributed by atoms with van der Waals surface area (Å²) in [6.45, 7) is 1.07. The van der Waals surface area contributed by atoms with Crippen LogP contribution in [-0.4, -0.2) is 23.1 Å². The summed E-state index contributed by atoms with van der Waals surface area (Å²) in [6, 6.07) is 29.6. The van der Waals surface area contributed by atoms with Gasteiger partial charge in [-0.3, -0.25) is 4.90 Å². The van der Waals surface area contributed by atoms with Crippen LogP contribution in [0.3, 0.4) is 0 Å². The van der Waals surface area contributed by atoms with Crippen molar-refractivity contribution in [2.45, 2.75) is 56.5 Å². The van der Waals surface area contributed by atoms with E-state index < -0.39 is 0 Å². The third kappa shape index (κ3) is 3.64. The minimum atomic E-state index is 0.00692. The molecule has 3 aromatic carbocycles. The van der Waals surface area contributed by atoms with E-state index in [1.807, 2.05) is 0 Å². The fraction of sp³-hybridized carbons (Fsp3) is 0.310. The van der Waals surface area contributed by atoms with Gasteiger partial charge in [0.2, 0.25) is 0 Å². The number of rotatable bonds is 4. The van der Waals surface area contributed by atoms with Gasteiger partial charge in [0.25, 0.3) is 0 Å². The molecule has 2 heteroatoms. The van der Waals surface area contributed by atoms with Gasteiger partial charge in [0.15, 0.2) is 0 Å². The highest BCUT2D eigenvalue weighted by molar-refractivity contribution is 5.76. The van der Waals surface area contributed by atoms with Crippen molar-refractivity contribution in [1.82, 2.24) is 4.90 Å². The Labute approximate surface area is 185 Å². The molecule has 2 aliphatic heterocycles. The van der Waals surface area contributed by atoms with Crippen LogP contribution in [-0.2, 0) is 11.3 Å². The molecule has 2 saturated heterocycles. The molecule has 6 rings (SSSR count). The summed E-state index contributed by atoms with van der Waals surface area (Å²) in [7, 11) is 0. The van der Waals surface area contributed by atoms with Gasteiger partial charge in [-0.05, 0) is 53.5 Å². The predicted octanol–water partition coefficient (Wildman–Crippen LogP) is 6.47. The molecule has 31 heavy (non-hydrogen) atoms. The predicted molar refractivity (Wildman–Crippen MR) is 127 cm³/mol. The Bertz CT molecular complexity index is 1030. The Kier molecular flexibility index (Phi) is 4.98. The summed E-state index contributed by atoms with van der Waals surface area (Å²) in [5.41, 5.74) is 6.56. The quantitative estimate of drug-likeness (QED) is 0.491. The summed E-state index contributed by atoms with van der Waals surface area (Å²) in [4.78, 5) is 2.74. The van der Waals surface area contributed by atoms with Crippen LogP contribution >= 0.6 is 0 Å². The second-order valence-electron chi connectivity index (χ2n) is 9.24. The van der Waals surface area contributed by atoms with Crippen LogP contribution in [0.15, 0.2) is 78.9 Å². The second kappa shape index (κ2) is 8.11. The Hall–Kier alpha value is -2.68. The van der Waals surface area contributed by atoms with E-state index in [4.69, 9.17) is 4.74 Å². The number of fused-ring (bicyclic) bond motifs is 4. The maximum absolute atomic E-state index is 6.98. The highest BCUT2D eigenvalue weighted by Gasteiger charge is 2.42. The minimum absolute atomic E-state index is 0.00692. The highest BCUT2D eigenvalue weighted by atomic mass is 16.5. The van der Waals surface area contributed by atoms with Crippen molar-refractivity contribution in [1.29, 1.82) is 0 Å². The summed E-state index contributed by atoms with van der Waals surface area (Å²) >= 11 is 0. The van der Waals surface area contributed by atoms with Crippen molar-refractivity contribution >= 4 is 12.2 Å². The van der Waals surface area contributed by atoms with Crippen molar-refractivity contribution < 1.29 is 4.74 Å². The fourth-order valence-corrected chi connectivity index (χ4v) is 5.88. The van der Waals surface area contributed by atoms with Crippen LogP contribution in [0.1, 0.15) is 59.6 Å². The summed E-state index contributed by atoms with van der Waals surface area (Å²) < 4.78 is 6.98. The molecule has 0 saturated carbocycles. The molecule has 0 aromatic heterocycles. The monoisotopic (exact) mass is 407 g/mol. The summed E-state index contributed by atoms with van der Waals surface area (Å²) in [5, 5.41) is 0. The third-order valence-electron chi connectivity index (χ3n) is 7.38. The molecule has 1 unspecified atom stereocenters. The van der Waals surface area contributed by atoms with E-state index in [9.17, 15) is 0 Å². The first-order valence-electron chi connectivity index (χ1n) is 11.7. The molecule has 2 heterocycles. The summed E-state index contributed by atoms with van der Waals surface area (Å²) in [6.07, 6.45) is 9.68. The molecule has 3 aromatic rings. The zero-order valence-electron chi connectivity index (χ0n) is 17.9. The highest BCUT2D eigenvalue weighted by Crippen LogP contribution is 2.42. The fourth-order valence-electron chi connectivity index (χ4n) is 5.88. The maximum atomic E-state index is 6.98. The molecule has 1 aliphatic carbocycles. The Morgan fingerprint density at radius 2 is 1.23 bits per heavy atom.